The molecule has 0 heterocycles. The van der Waals surface area contributed by atoms with Gasteiger partial charge in [0.1, 0.15) is 5.75 Å². The van der Waals surface area contributed by atoms with Gasteiger partial charge in [-0.2, -0.15) is 5.10 Å². The van der Waals surface area contributed by atoms with E-state index in [2.05, 4.69) is 15.8 Å². The Kier molecular flexibility index (Phi) is 4.98. The Morgan fingerprint density at radius 2 is 2.05 bits per heavy atom. The SMILES string of the molecule is CCOc1ccc(NCC(=O)N/N=C(\C)C2CC2)cc1. The van der Waals surface area contributed by atoms with Gasteiger partial charge >= 0.3 is 0 Å². The lowest BCUT2D eigenvalue weighted by Crippen LogP contribution is -2.26. The molecule has 2 rings (SSSR count). The quantitative estimate of drug-likeness (QED) is 0.593. The van der Waals surface area contributed by atoms with Crippen LogP contribution in [0.4, 0.5) is 5.69 Å². The predicted octanol–water partition coefficient (Wildman–Crippen LogP) is 2.40. The van der Waals surface area contributed by atoms with Crippen molar-refractivity contribution >= 4 is 17.3 Å². The van der Waals surface area contributed by atoms with E-state index in [0.29, 0.717) is 12.5 Å². The van der Waals surface area contributed by atoms with Gasteiger partial charge in [0.15, 0.2) is 0 Å². The lowest BCUT2D eigenvalue weighted by molar-refractivity contribution is -0.119. The van der Waals surface area contributed by atoms with Gasteiger partial charge in [-0.15, -0.1) is 0 Å². The van der Waals surface area contributed by atoms with Crippen molar-refractivity contribution < 1.29 is 9.53 Å². The Hall–Kier alpha value is -2.04. The summed E-state index contributed by atoms with van der Waals surface area (Å²) in [4.78, 5) is 11.6. The molecule has 1 aromatic carbocycles. The van der Waals surface area contributed by atoms with Crippen LogP contribution in [-0.2, 0) is 4.79 Å². The first-order chi connectivity index (χ1) is 9.69. The van der Waals surface area contributed by atoms with E-state index in [1.54, 1.807) is 0 Å². The molecule has 0 atom stereocenters. The van der Waals surface area contributed by atoms with Crippen LogP contribution in [0, 0.1) is 5.92 Å². The molecular formula is C15H21N3O2. The van der Waals surface area contributed by atoms with E-state index in [-0.39, 0.29) is 12.5 Å². The minimum atomic E-state index is -0.140. The first kappa shape index (κ1) is 14.4. The second-order valence-corrected chi connectivity index (χ2v) is 4.87. The lowest BCUT2D eigenvalue weighted by atomic mass is 10.3. The molecule has 0 bridgehead atoms. The number of hydrazone groups is 1. The van der Waals surface area contributed by atoms with Crippen molar-refractivity contribution in [1.82, 2.24) is 5.43 Å². The monoisotopic (exact) mass is 275 g/mol. The van der Waals surface area contributed by atoms with Gasteiger partial charge in [0.05, 0.1) is 13.2 Å². The fraction of sp³-hybridized carbons (Fsp3) is 0.467. The van der Waals surface area contributed by atoms with E-state index >= 15 is 0 Å². The molecule has 1 amide bonds. The number of carbonyl (C=O) groups excluding carboxylic acids is 1. The number of benzene rings is 1. The molecule has 0 aromatic heterocycles. The number of anilines is 1. The number of amides is 1. The standard InChI is InChI=1S/C15H21N3O2/c1-3-20-14-8-6-13(7-9-14)16-10-15(19)18-17-11(2)12-4-5-12/h6-9,12,16H,3-5,10H2,1-2H3,(H,18,19)/b17-11+. The minimum Gasteiger partial charge on any atom is -0.494 e. The number of ether oxygens (including phenoxy) is 1. The van der Waals surface area contributed by atoms with Crippen molar-refractivity contribution in [3.05, 3.63) is 24.3 Å². The molecule has 5 nitrogen and oxygen atoms in total. The van der Waals surface area contributed by atoms with E-state index in [9.17, 15) is 4.79 Å². The highest BCUT2D eigenvalue weighted by molar-refractivity contribution is 5.88. The van der Waals surface area contributed by atoms with Crippen LogP contribution in [0.3, 0.4) is 0 Å². The van der Waals surface area contributed by atoms with Gasteiger partial charge < -0.3 is 10.1 Å². The number of carbonyl (C=O) groups is 1. The molecule has 0 unspecified atom stereocenters. The fourth-order valence-corrected chi connectivity index (χ4v) is 1.80. The summed E-state index contributed by atoms with van der Waals surface area (Å²) < 4.78 is 5.35. The third-order valence-electron chi connectivity index (χ3n) is 3.14. The van der Waals surface area contributed by atoms with Crippen molar-refractivity contribution in [1.29, 1.82) is 0 Å². The van der Waals surface area contributed by atoms with Crippen LogP contribution in [0.25, 0.3) is 0 Å². The zero-order valence-electron chi connectivity index (χ0n) is 12.0. The van der Waals surface area contributed by atoms with Crippen molar-refractivity contribution in [2.24, 2.45) is 11.0 Å². The number of nitrogens with one attached hydrogen (secondary N) is 2. The maximum atomic E-state index is 11.6. The van der Waals surface area contributed by atoms with E-state index in [1.165, 1.54) is 12.8 Å². The summed E-state index contributed by atoms with van der Waals surface area (Å²) in [5.41, 5.74) is 4.46. The van der Waals surface area contributed by atoms with Gasteiger partial charge in [-0.25, -0.2) is 5.43 Å². The normalized spacial score (nSPS) is 14.8. The Labute approximate surface area is 119 Å². The second kappa shape index (κ2) is 6.93. The van der Waals surface area contributed by atoms with E-state index in [0.717, 1.165) is 17.1 Å². The second-order valence-electron chi connectivity index (χ2n) is 4.87. The molecule has 108 valence electrons. The van der Waals surface area contributed by atoms with Crippen LogP contribution in [0.1, 0.15) is 26.7 Å². The zero-order chi connectivity index (χ0) is 14.4. The molecule has 0 radical (unpaired) electrons. The highest BCUT2D eigenvalue weighted by Crippen LogP contribution is 2.30. The van der Waals surface area contributed by atoms with Crippen LogP contribution in [0.15, 0.2) is 29.4 Å². The van der Waals surface area contributed by atoms with Crippen LogP contribution < -0.4 is 15.5 Å². The molecule has 0 spiro atoms. The molecule has 0 aliphatic heterocycles. The topological polar surface area (TPSA) is 62.7 Å². The predicted molar refractivity (Wildman–Crippen MR) is 80.1 cm³/mol. The smallest absolute Gasteiger partial charge is 0.259 e. The molecule has 0 saturated heterocycles. The summed E-state index contributed by atoms with van der Waals surface area (Å²) in [5.74, 6) is 1.26. The van der Waals surface area contributed by atoms with Crippen molar-refractivity contribution in [2.75, 3.05) is 18.5 Å². The van der Waals surface area contributed by atoms with E-state index in [4.69, 9.17) is 4.74 Å². The number of nitrogens with zero attached hydrogens (tertiary/aromatic N) is 1. The summed E-state index contributed by atoms with van der Waals surface area (Å²) in [6.07, 6.45) is 2.38. The molecule has 5 heteroatoms. The van der Waals surface area contributed by atoms with Gasteiger partial charge in [-0.3, -0.25) is 4.79 Å². The minimum absolute atomic E-state index is 0.140. The summed E-state index contributed by atoms with van der Waals surface area (Å²) in [6.45, 7) is 4.75. The molecular weight excluding hydrogens is 254 g/mol. The summed E-state index contributed by atoms with van der Waals surface area (Å²) in [5, 5.41) is 7.14. The van der Waals surface area contributed by atoms with Gasteiger partial charge in [-0.05, 0) is 56.9 Å². The Morgan fingerprint density at radius 3 is 2.65 bits per heavy atom. The van der Waals surface area contributed by atoms with Crippen LogP contribution in [-0.4, -0.2) is 24.8 Å². The highest BCUT2D eigenvalue weighted by Gasteiger charge is 2.24. The number of hydrogen-bond acceptors (Lipinski definition) is 4. The Morgan fingerprint density at radius 1 is 1.35 bits per heavy atom. The summed E-state index contributed by atoms with van der Waals surface area (Å²) in [7, 11) is 0. The zero-order valence-corrected chi connectivity index (χ0v) is 12.0. The molecule has 1 fully saturated rings. The third-order valence-corrected chi connectivity index (χ3v) is 3.14. The average Bonchev–Trinajstić information content (AvgIpc) is 3.29. The number of rotatable bonds is 7. The maximum absolute atomic E-state index is 11.6. The van der Waals surface area contributed by atoms with Gasteiger partial charge in [0.2, 0.25) is 0 Å². The number of hydrogen-bond donors (Lipinski definition) is 2. The largest absolute Gasteiger partial charge is 0.494 e. The summed E-state index contributed by atoms with van der Waals surface area (Å²) >= 11 is 0. The Bertz CT molecular complexity index is 478. The van der Waals surface area contributed by atoms with Crippen LogP contribution in [0.2, 0.25) is 0 Å². The van der Waals surface area contributed by atoms with Crippen molar-refractivity contribution in [3.8, 4) is 5.75 Å². The maximum Gasteiger partial charge on any atom is 0.259 e. The summed E-state index contributed by atoms with van der Waals surface area (Å²) in [6, 6.07) is 7.52. The first-order valence-electron chi connectivity index (χ1n) is 6.98. The van der Waals surface area contributed by atoms with Crippen LogP contribution in [0.5, 0.6) is 5.75 Å². The highest BCUT2D eigenvalue weighted by atomic mass is 16.5. The first-order valence-corrected chi connectivity index (χ1v) is 6.98. The van der Waals surface area contributed by atoms with Gasteiger partial charge in [0.25, 0.3) is 5.91 Å². The van der Waals surface area contributed by atoms with Gasteiger partial charge in [0, 0.05) is 11.4 Å². The molecule has 1 aromatic rings. The Balaban J connectivity index is 1.73. The van der Waals surface area contributed by atoms with Crippen LogP contribution >= 0.6 is 0 Å². The van der Waals surface area contributed by atoms with Crippen molar-refractivity contribution in [3.63, 3.8) is 0 Å². The van der Waals surface area contributed by atoms with E-state index < -0.39 is 0 Å². The van der Waals surface area contributed by atoms with E-state index in [1.807, 2.05) is 38.1 Å². The molecule has 20 heavy (non-hydrogen) atoms. The third kappa shape index (κ3) is 4.57. The van der Waals surface area contributed by atoms with Crippen molar-refractivity contribution in [2.45, 2.75) is 26.7 Å². The lowest BCUT2D eigenvalue weighted by Gasteiger charge is -2.07. The fourth-order valence-electron chi connectivity index (χ4n) is 1.80. The average molecular weight is 275 g/mol. The molecule has 1 saturated carbocycles. The molecule has 1 aliphatic carbocycles. The molecule has 2 N–H and O–H groups in total. The molecule has 1 aliphatic rings. The van der Waals surface area contributed by atoms with Gasteiger partial charge in [-0.1, -0.05) is 0 Å².